The Bertz CT molecular complexity index is 617. The van der Waals surface area contributed by atoms with Crippen LogP contribution in [0, 0.1) is 11.8 Å². The molecule has 7 atom stereocenters. The van der Waals surface area contributed by atoms with Crippen LogP contribution >= 0.6 is 0 Å². The Morgan fingerprint density at radius 2 is 2.00 bits per heavy atom. The Hall–Kier alpha value is -1.44. The number of ether oxygens (including phenoxy) is 3. The lowest BCUT2D eigenvalue weighted by Gasteiger charge is -2.28. The molecule has 1 aromatic carbocycles. The highest BCUT2D eigenvalue weighted by atomic mass is 16.7. The van der Waals surface area contributed by atoms with Crippen LogP contribution in [0.15, 0.2) is 36.4 Å². The van der Waals surface area contributed by atoms with Crippen LogP contribution in [-0.4, -0.2) is 46.2 Å². The molecule has 4 rings (SSSR count). The molecule has 1 aromatic rings. The third-order valence-electron chi connectivity index (χ3n) is 5.12. The van der Waals surface area contributed by atoms with Crippen molar-refractivity contribution in [2.45, 2.75) is 50.3 Å². The Kier molecular flexibility index (Phi) is 4.32. The zero-order valence-corrected chi connectivity index (χ0v) is 13.2. The van der Waals surface area contributed by atoms with E-state index in [1.807, 2.05) is 24.3 Å². The molecule has 1 saturated heterocycles. The van der Waals surface area contributed by atoms with E-state index >= 15 is 0 Å². The second-order valence-electron chi connectivity index (χ2n) is 6.69. The Morgan fingerprint density at radius 3 is 2.88 bits per heavy atom. The number of para-hydroxylation sites is 1. The molecule has 2 fully saturated rings. The quantitative estimate of drug-likeness (QED) is 0.713. The summed E-state index contributed by atoms with van der Waals surface area (Å²) in [4.78, 5) is 0. The van der Waals surface area contributed by atoms with Crippen molar-refractivity contribution in [3.63, 3.8) is 0 Å². The number of hydrogen-bond acceptors (Lipinski definition) is 6. The van der Waals surface area contributed by atoms with E-state index in [9.17, 15) is 15.3 Å². The van der Waals surface area contributed by atoms with Gasteiger partial charge in [-0.3, -0.25) is 0 Å². The second kappa shape index (κ2) is 6.46. The average molecular weight is 334 g/mol. The molecule has 1 aliphatic carbocycles. The maximum Gasteiger partial charge on any atom is 0.230 e. The maximum atomic E-state index is 10.3. The van der Waals surface area contributed by atoms with E-state index in [1.54, 1.807) is 12.2 Å². The van der Waals surface area contributed by atoms with Crippen LogP contribution in [0.5, 0.6) is 5.75 Å². The van der Waals surface area contributed by atoms with Crippen LogP contribution in [0.2, 0.25) is 0 Å². The lowest BCUT2D eigenvalue weighted by atomic mass is 9.91. The summed E-state index contributed by atoms with van der Waals surface area (Å²) in [6.45, 7) is 0.391. The Balaban J connectivity index is 1.41. The normalized spacial score (nSPS) is 39.5. The van der Waals surface area contributed by atoms with Crippen molar-refractivity contribution in [2.24, 2.45) is 11.8 Å². The highest BCUT2D eigenvalue weighted by Crippen LogP contribution is 2.43. The van der Waals surface area contributed by atoms with Crippen molar-refractivity contribution >= 4 is 0 Å². The van der Waals surface area contributed by atoms with E-state index in [0.29, 0.717) is 19.4 Å². The summed E-state index contributed by atoms with van der Waals surface area (Å²) in [6.07, 6.45) is 1.34. The number of aliphatic hydroxyl groups excluding tert-OH is 3. The summed E-state index contributed by atoms with van der Waals surface area (Å²) >= 11 is 0. The van der Waals surface area contributed by atoms with Gasteiger partial charge in [0.2, 0.25) is 6.29 Å². The molecule has 1 saturated carbocycles. The molecular formula is C18H22O6. The van der Waals surface area contributed by atoms with Gasteiger partial charge < -0.3 is 29.5 Å². The van der Waals surface area contributed by atoms with Crippen molar-refractivity contribution in [3.8, 4) is 5.75 Å². The third-order valence-corrected chi connectivity index (χ3v) is 5.12. The van der Waals surface area contributed by atoms with Gasteiger partial charge in [-0.25, -0.2) is 0 Å². The first-order valence-electron chi connectivity index (χ1n) is 8.36. The molecule has 2 aliphatic heterocycles. The summed E-state index contributed by atoms with van der Waals surface area (Å²) in [5.74, 6) is 0.652. The molecule has 6 nitrogen and oxygen atoms in total. The third kappa shape index (κ3) is 2.96. The van der Waals surface area contributed by atoms with Crippen molar-refractivity contribution in [2.75, 3.05) is 0 Å². The molecule has 1 unspecified atom stereocenters. The second-order valence-corrected chi connectivity index (χ2v) is 6.69. The number of aliphatic hydroxyl groups is 3. The molecule has 6 heteroatoms. The average Bonchev–Trinajstić information content (AvgIpc) is 3.07. The lowest BCUT2D eigenvalue weighted by molar-refractivity contribution is -0.152. The van der Waals surface area contributed by atoms with E-state index in [0.717, 1.165) is 11.3 Å². The first-order chi connectivity index (χ1) is 11.6. The predicted octanol–water partition coefficient (Wildman–Crippen LogP) is 0.943. The van der Waals surface area contributed by atoms with Crippen molar-refractivity contribution < 1.29 is 29.5 Å². The van der Waals surface area contributed by atoms with E-state index in [4.69, 9.17) is 14.2 Å². The molecule has 0 radical (unpaired) electrons. The maximum absolute atomic E-state index is 10.3. The number of rotatable bonds is 3. The standard InChI is InChI=1S/C18H22O6/c19-13(18-22-9-10-3-1-2-4-15(10)24-18)6-5-11-12-7-17(21)23-16(12)8-14(11)20/h1-6,11-14,16-21H,7-9H2/b6-5+/t11-,12-,13-,14-,16+,17?,18+/m1/s1. The minimum Gasteiger partial charge on any atom is -0.461 e. The highest BCUT2D eigenvalue weighted by Gasteiger charge is 2.47. The van der Waals surface area contributed by atoms with Gasteiger partial charge >= 0.3 is 0 Å². The smallest absolute Gasteiger partial charge is 0.230 e. The summed E-state index contributed by atoms with van der Waals surface area (Å²) in [6, 6.07) is 7.57. The molecule has 0 aromatic heterocycles. The van der Waals surface area contributed by atoms with E-state index in [1.165, 1.54) is 0 Å². The number of fused-ring (bicyclic) bond motifs is 2. The summed E-state index contributed by atoms with van der Waals surface area (Å²) in [5.41, 5.74) is 0.955. The fourth-order valence-electron chi connectivity index (χ4n) is 3.90. The van der Waals surface area contributed by atoms with Crippen LogP contribution in [-0.2, 0) is 16.1 Å². The van der Waals surface area contributed by atoms with Crippen LogP contribution < -0.4 is 4.74 Å². The minimum absolute atomic E-state index is 0.0763. The van der Waals surface area contributed by atoms with Gasteiger partial charge in [0.1, 0.15) is 11.9 Å². The van der Waals surface area contributed by atoms with Gasteiger partial charge in [-0.05, 0) is 12.0 Å². The van der Waals surface area contributed by atoms with Gasteiger partial charge in [-0.15, -0.1) is 0 Å². The number of benzene rings is 1. The van der Waals surface area contributed by atoms with Crippen molar-refractivity contribution in [1.82, 2.24) is 0 Å². The SMILES string of the molecule is OC1C[C@@H]2[C@@H](/C=C/[C@@H](O)[C@H]3OCc4ccccc4O3)[C@H](O)C[C@@H]2O1. The van der Waals surface area contributed by atoms with Crippen LogP contribution in [0.3, 0.4) is 0 Å². The molecule has 130 valence electrons. The largest absolute Gasteiger partial charge is 0.461 e. The fourth-order valence-corrected chi connectivity index (χ4v) is 3.90. The molecule has 0 spiro atoms. The van der Waals surface area contributed by atoms with Gasteiger partial charge in [0, 0.05) is 24.3 Å². The Labute approximate surface area is 140 Å². The first-order valence-corrected chi connectivity index (χ1v) is 8.36. The van der Waals surface area contributed by atoms with Gasteiger partial charge in [0.25, 0.3) is 0 Å². The van der Waals surface area contributed by atoms with Gasteiger partial charge in [0.15, 0.2) is 6.29 Å². The predicted molar refractivity (Wildman–Crippen MR) is 83.9 cm³/mol. The van der Waals surface area contributed by atoms with Gasteiger partial charge in [0.05, 0.1) is 18.8 Å². The monoisotopic (exact) mass is 334 g/mol. The van der Waals surface area contributed by atoms with E-state index in [-0.39, 0.29) is 17.9 Å². The lowest BCUT2D eigenvalue weighted by Crippen LogP contribution is -2.36. The Morgan fingerprint density at radius 1 is 1.17 bits per heavy atom. The summed E-state index contributed by atoms with van der Waals surface area (Å²) < 4.78 is 16.6. The van der Waals surface area contributed by atoms with Crippen LogP contribution in [0.1, 0.15) is 18.4 Å². The molecule has 0 bridgehead atoms. The first kappa shape index (κ1) is 16.1. The summed E-state index contributed by atoms with van der Waals surface area (Å²) in [5, 5.41) is 30.1. The van der Waals surface area contributed by atoms with Gasteiger partial charge in [-0.1, -0.05) is 30.4 Å². The molecule has 3 N–H and O–H groups in total. The van der Waals surface area contributed by atoms with Crippen molar-refractivity contribution in [3.05, 3.63) is 42.0 Å². The van der Waals surface area contributed by atoms with Crippen LogP contribution in [0.4, 0.5) is 0 Å². The van der Waals surface area contributed by atoms with Gasteiger partial charge in [-0.2, -0.15) is 0 Å². The zero-order valence-electron chi connectivity index (χ0n) is 13.2. The molecule has 0 amide bonds. The highest BCUT2D eigenvalue weighted by molar-refractivity contribution is 5.33. The number of hydrogen-bond donors (Lipinski definition) is 3. The minimum atomic E-state index is -0.933. The van der Waals surface area contributed by atoms with E-state index in [2.05, 4.69) is 0 Å². The molecular weight excluding hydrogens is 312 g/mol. The fraction of sp³-hybridized carbons (Fsp3) is 0.556. The zero-order chi connectivity index (χ0) is 16.7. The molecule has 2 heterocycles. The van der Waals surface area contributed by atoms with E-state index < -0.39 is 24.8 Å². The molecule has 24 heavy (non-hydrogen) atoms. The van der Waals surface area contributed by atoms with Crippen LogP contribution in [0.25, 0.3) is 0 Å². The summed E-state index contributed by atoms with van der Waals surface area (Å²) in [7, 11) is 0. The van der Waals surface area contributed by atoms with Crippen molar-refractivity contribution in [1.29, 1.82) is 0 Å². The molecule has 3 aliphatic rings. The topological polar surface area (TPSA) is 88.4 Å².